The summed E-state index contributed by atoms with van der Waals surface area (Å²) in [6, 6.07) is 0.381. The largest absolute Gasteiger partial charge is 0.309 e. The van der Waals surface area contributed by atoms with Gasteiger partial charge in [-0.1, -0.05) is 19.8 Å². The molecule has 20 heavy (non-hydrogen) atoms. The highest BCUT2D eigenvalue weighted by Gasteiger charge is 2.37. The Labute approximate surface area is 136 Å². The highest BCUT2D eigenvalue weighted by Crippen LogP contribution is 2.37. The fourth-order valence-corrected chi connectivity index (χ4v) is 4.82. The molecule has 0 aromatic carbocycles. The zero-order chi connectivity index (χ0) is 14.6. The average molecular weight is 359 g/mol. The molecule has 2 nitrogen and oxygen atoms in total. The molecular formula is C16H27BrN2S. The molecule has 2 heterocycles. The summed E-state index contributed by atoms with van der Waals surface area (Å²) in [6.45, 7) is 10.5. The number of hydrogen-bond donors (Lipinski definition) is 1. The van der Waals surface area contributed by atoms with Crippen molar-refractivity contribution in [3.05, 3.63) is 20.8 Å². The van der Waals surface area contributed by atoms with Crippen molar-refractivity contribution in [1.29, 1.82) is 0 Å². The van der Waals surface area contributed by atoms with Crippen LogP contribution in [0.3, 0.4) is 0 Å². The van der Waals surface area contributed by atoms with Gasteiger partial charge in [0, 0.05) is 15.4 Å². The topological polar surface area (TPSA) is 15.3 Å². The molecule has 0 amide bonds. The van der Waals surface area contributed by atoms with Gasteiger partial charge in [-0.3, -0.25) is 4.90 Å². The molecule has 4 heteroatoms. The van der Waals surface area contributed by atoms with Gasteiger partial charge >= 0.3 is 0 Å². The van der Waals surface area contributed by atoms with E-state index in [1.165, 1.54) is 48.8 Å². The van der Waals surface area contributed by atoms with E-state index in [0.717, 1.165) is 6.54 Å². The van der Waals surface area contributed by atoms with Gasteiger partial charge in [-0.25, -0.2) is 0 Å². The number of halogens is 1. The molecule has 1 aromatic heterocycles. The molecule has 114 valence electrons. The van der Waals surface area contributed by atoms with Crippen LogP contribution in [0.5, 0.6) is 0 Å². The number of likely N-dealkylation sites (N-methyl/N-ethyl adjacent to an activating group) is 1. The van der Waals surface area contributed by atoms with E-state index in [9.17, 15) is 0 Å². The monoisotopic (exact) mass is 358 g/mol. The van der Waals surface area contributed by atoms with E-state index in [1.54, 1.807) is 11.3 Å². The third-order valence-electron chi connectivity index (χ3n) is 4.49. The first kappa shape index (κ1) is 16.5. The predicted molar refractivity (Wildman–Crippen MR) is 92.6 cm³/mol. The zero-order valence-corrected chi connectivity index (χ0v) is 15.3. The first-order valence-electron chi connectivity index (χ1n) is 7.77. The number of likely N-dealkylation sites (tertiary alicyclic amines) is 1. The molecule has 1 N–H and O–H groups in total. The lowest BCUT2D eigenvalue weighted by molar-refractivity contribution is 0.0839. The summed E-state index contributed by atoms with van der Waals surface area (Å²) in [4.78, 5) is 2.69. The fourth-order valence-electron chi connectivity index (χ4n) is 3.27. The molecule has 1 unspecified atom stereocenters. The Morgan fingerprint density at radius 1 is 1.25 bits per heavy atom. The quantitative estimate of drug-likeness (QED) is 0.811. The van der Waals surface area contributed by atoms with Gasteiger partial charge in [0.05, 0.1) is 6.04 Å². The van der Waals surface area contributed by atoms with E-state index in [4.69, 9.17) is 0 Å². The maximum Gasteiger partial charge on any atom is 0.0521 e. The maximum absolute atomic E-state index is 3.72. The lowest BCUT2D eigenvalue weighted by atomic mass is 9.87. The van der Waals surface area contributed by atoms with Gasteiger partial charge in [-0.15, -0.1) is 0 Å². The number of thiophene rings is 1. The number of rotatable bonds is 5. The second-order valence-corrected chi connectivity index (χ2v) is 7.82. The van der Waals surface area contributed by atoms with Crippen LogP contribution < -0.4 is 5.32 Å². The van der Waals surface area contributed by atoms with Gasteiger partial charge in [0.2, 0.25) is 0 Å². The molecule has 1 atom stereocenters. The first-order chi connectivity index (χ1) is 9.57. The van der Waals surface area contributed by atoms with E-state index in [1.807, 2.05) is 0 Å². The molecule has 0 bridgehead atoms. The van der Waals surface area contributed by atoms with Crippen molar-refractivity contribution in [1.82, 2.24) is 10.2 Å². The van der Waals surface area contributed by atoms with Crippen LogP contribution in [-0.2, 0) is 0 Å². The van der Waals surface area contributed by atoms with Crippen LogP contribution in [-0.4, -0.2) is 30.1 Å². The molecule has 2 rings (SSSR count). The summed E-state index contributed by atoms with van der Waals surface area (Å²) in [5.41, 5.74) is 1.55. The summed E-state index contributed by atoms with van der Waals surface area (Å²) in [6.07, 6.45) is 5.46. The Hall–Kier alpha value is 0.1000. The smallest absolute Gasteiger partial charge is 0.0521 e. The second-order valence-electron chi connectivity index (χ2n) is 6.22. The first-order valence-corrected chi connectivity index (χ1v) is 9.51. The molecule has 1 aliphatic rings. The van der Waals surface area contributed by atoms with Crippen LogP contribution in [0.25, 0.3) is 0 Å². The van der Waals surface area contributed by atoms with E-state index >= 15 is 0 Å². The summed E-state index contributed by atoms with van der Waals surface area (Å²) in [5, 5.41) is 8.20. The molecule has 1 saturated heterocycles. The van der Waals surface area contributed by atoms with Crippen molar-refractivity contribution < 1.29 is 0 Å². The van der Waals surface area contributed by atoms with Crippen LogP contribution >= 0.6 is 27.3 Å². The predicted octanol–water partition coefficient (Wildman–Crippen LogP) is 4.82. The SMILES string of the molecule is CCNC(c1cscc1Br)C(C)(C)N1CCCCCC1. The minimum Gasteiger partial charge on any atom is -0.309 e. The Morgan fingerprint density at radius 3 is 2.40 bits per heavy atom. The minimum atomic E-state index is 0.143. The Kier molecular flexibility index (Phi) is 6.09. The normalized spacial score (nSPS) is 19.8. The van der Waals surface area contributed by atoms with Gasteiger partial charge < -0.3 is 5.32 Å². The Morgan fingerprint density at radius 2 is 1.90 bits per heavy atom. The van der Waals surface area contributed by atoms with Crippen LogP contribution in [0.1, 0.15) is 58.1 Å². The fraction of sp³-hybridized carbons (Fsp3) is 0.750. The van der Waals surface area contributed by atoms with E-state index < -0.39 is 0 Å². The van der Waals surface area contributed by atoms with Crippen molar-refractivity contribution in [3.63, 3.8) is 0 Å². The summed E-state index contributed by atoms with van der Waals surface area (Å²) in [7, 11) is 0. The highest BCUT2D eigenvalue weighted by atomic mass is 79.9. The lowest BCUT2D eigenvalue weighted by Crippen LogP contribution is -2.53. The molecular weight excluding hydrogens is 332 g/mol. The molecule has 1 aromatic rings. The molecule has 0 saturated carbocycles. The summed E-state index contributed by atoms with van der Waals surface area (Å²) in [5.74, 6) is 0. The van der Waals surface area contributed by atoms with Gasteiger partial charge in [-0.05, 0) is 73.2 Å². The van der Waals surface area contributed by atoms with Crippen molar-refractivity contribution in [2.75, 3.05) is 19.6 Å². The third kappa shape index (κ3) is 3.65. The van der Waals surface area contributed by atoms with E-state index in [0.29, 0.717) is 6.04 Å². The molecule has 1 aliphatic heterocycles. The second kappa shape index (κ2) is 7.39. The highest BCUT2D eigenvalue weighted by molar-refractivity contribution is 9.10. The van der Waals surface area contributed by atoms with E-state index in [-0.39, 0.29) is 5.54 Å². The van der Waals surface area contributed by atoms with Gasteiger partial charge in [0.1, 0.15) is 0 Å². The van der Waals surface area contributed by atoms with Gasteiger partial charge in [0.25, 0.3) is 0 Å². The van der Waals surface area contributed by atoms with Crippen molar-refractivity contribution >= 4 is 27.3 Å². The summed E-state index contributed by atoms with van der Waals surface area (Å²) >= 11 is 5.50. The Bertz CT molecular complexity index is 408. The van der Waals surface area contributed by atoms with Crippen molar-refractivity contribution in [3.8, 4) is 0 Å². The van der Waals surface area contributed by atoms with Crippen LogP contribution in [0.2, 0.25) is 0 Å². The zero-order valence-electron chi connectivity index (χ0n) is 12.9. The molecule has 1 fully saturated rings. The third-order valence-corrected chi connectivity index (χ3v) is 6.24. The minimum absolute atomic E-state index is 0.143. The van der Waals surface area contributed by atoms with Gasteiger partial charge in [-0.2, -0.15) is 11.3 Å². The van der Waals surface area contributed by atoms with E-state index in [2.05, 4.69) is 57.7 Å². The number of hydrogen-bond acceptors (Lipinski definition) is 3. The number of nitrogens with zero attached hydrogens (tertiary/aromatic N) is 1. The van der Waals surface area contributed by atoms with Crippen molar-refractivity contribution in [2.45, 2.75) is 58.0 Å². The maximum atomic E-state index is 3.72. The Balaban J connectivity index is 2.24. The number of nitrogens with one attached hydrogen (secondary N) is 1. The lowest BCUT2D eigenvalue weighted by Gasteiger charge is -2.44. The van der Waals surface area contributed by atoms with Crippen LogP contribution in [0.4, 0.5) is 0 Å². The molecule has 0 radical (unpaired) electrons. The molecule has 0 spiro atoms. The standard InChI is InChI=1S/C16H27BrN2S/c1-4-18-15(13-11-20-12-14(13)17)16(2,3)19-9-7-5-6-8-10-19/h11-12,15,18H,4-10H2,1-3H3. The van der Waals surface area contributed by atoms with Crippen molar-refractivity contribution in [2.24, 2.45) is 0 Å². The summed E-state index contributed by atoms with van der Waals surface area (Å²) < 4.78 is 1.25. The molecule has 0 aliphatic carbocycles. The van der Waals surface area contributed by atoms with Crippen LogP contribution in [0, 0.1) is 0 Å². The average Bonchev–Trinajstić information content (AvgIpc) is 2.69. The van der Waals surface area contributed by atoms with Gasteiger partial charge in [0.15, 0.2) is 0 Å². The van der Waals surface area contributed by atoms with Crippen LogP contribution in [0.15, 0.2) is 15.2 Å².